The summed E-state index contributed by atoms with van der Waals surface area (Å²) in [5.74, 6) is 2.19. The van der Waals surface area contributed by atoms with E-state index in [-0.39, 0.29) is 6.04 Å². The van der Waals surface area contributed by atoms with Crippen LogP contribution in [0.5, 0.6) is 11.6 Å². The van der Waals surface area contributed by atoms with Crippen molar-refractivity contribution >= 4 is 29.1 Å². The molecule has 1 amide bonds. The summed E-state index contributed by atoms with van der Waals surface area (Å²) in [4.78, 5) is 21.7. The van der Waals surface area contributed by atoms with Crippen LogP contribution in [0.4, 0.5) is 22.1 Å². The van der Waals surface area contributed by atoms with Crippen molar-refractivity contribution in [1.82, 2.24) is 24.9 Å². The summed E-state index contributed by atoms with van der Waals surface area (Å²) < 4.78 is 12.2. The highest BCUT2D eigenvalue weighted by Crippen LogP contribution is 2.30. The molecule has 1 saturated heterocycles. The van der Waals surface area contributed by atoms with Crippen LogP contribution in [0.15, 0.2) is 30.6 Å². The van der Waals surface area contributed by atoms with Crippen molar-refractivity contribution in [1.29, 1.82) is 0 Å². The minimum Gasteiger partial charge on any atom is -0.491 e. The van der Waals surface area contributed by atoms with Gasteiger partial charge in [0.2, 0.25) is 0 Å². The van der Waals surface area contributed by atoms with Gasteiger partial charge in [-0.2, -0.15) is 4.98 Å². The number of imidazole rings is 1. The Hall–Kier alpha value is -3.76. The van der Waals surface area contributed by atoms with Gasteiger partial charge in [-0.3, -0.25) is 0 Å². The molecule has 0 aromatic carbocycles. The van der Waals surface area contributed by atoms with Crippen molar-refractivity contribution in [3.05, 3.63) is 30.6 Å². The second-order valence-electron chi connectivity index (χ2n) is 6.53. The van der Waals surface area contributed by atoms with E-state index in [4.69, 9.17) is 14.6 Å². The van der Waals surface area contributed by atoms with Crippen LogP contribution in [-0.4, -0.2) is 64.1 Å². The first-order chi connectivity index (χ1) is 14.1. The van der Waals surface area contributed by atoms with E-state index in [9.17, 15) is 4.79 Å². The maximum atomic E-state index is 10.9. The number of ether oxygens (including phenoxy) is 2. The number of fused-ring (bicyclic) bond motifs is 1. The van der Waals surface area contributed by atoms with Gasteiger partial charge in [-0.05, 0) is 18.6 Å². The van der Waals surface area contributed by atoms with Crippen LogP contribution in [0.1, 0.15) is 6.42 Å². The number of anilines is 3. The first-order valence-electron chi connectivity index (χ1n) is 9.02. The maximum Gasteiger partial charge on any atom is 0.404 e. The number of methoxy groups -OCH3 is 2. The lowest BCUT2D eigenvalue weighted by molar-refractivity contribution is 0.191. The van der Waals surface area contributed by atoms with Gasteiger partial charge < -0.3 is 30.1 Å². The second-order valence-corrected chi connectivity index (χ2v) is 6.53. The van der Waals surface area contributed by atoms with E-state index in [1.165, 1.54) is 7.11 Å². The number of rotatable bonds is 6. The molecule has 4 heterocycles. The molecule has 0 spiro atoms. The molecule has 1 atom stereocenters. The lowest BCUT2D eigenvalue weighted by Crippen LogP contribution is -2.36. The minimum absolute atomic E-state index is 0.128. The molecule has 4 rings (SSSR count). The zero-order valence-corrected chi connectivity index (χ0v) is 16.0. The fourth-order valence-corrected chi connectivity index (χ4v) is 3.35. The number of nitrogens with one attached hydrogen (secondary N) is 2. The fourth-order valence-electron chi connectivity index (χ4n) is 3.35. The smallest absolute Gasteiger partial charge is 0.404 e. The van der Waals surface area contributed by atoms with E-state index in [2.05, 4.69) is 25.7 Å². The number of hydrogen-bond donors (Lipinski definition) is 3. The largest absolute Gasteiger partial charge is 0.491 e. The maximum absolute atomic E-state index is 10.9. The van der Waals surface area contributed by atoms with Crippen molar-refractivity contribution < 1.29 is 19.4 Å². The molecule has 11 heteroatoms. The van der Waals surface area contributed by atoms with Gasteiger partial charge in [-0.25, -0.2) is 14.3 Å². The van der Waals surface area contributed by atoms with Crippen molar-refractivity contribution in [2.75, 3.05) is 37.5 Å². The van der Waals surface area contributed by atoms with E-state index in [1.807, 2.05) is 11.0 Å². The molecule has 0 saturated carbocycles. The lowest BCUT2D eigenvalue weighted by atomic mass is 10.3. The molecule has 1 aliphatic heterocycles. The first-order valence-corrected chi connectivity index (χ1v) is 9.02. The highest BCUT2D eigenvalue weighted by molar-refractivity contribution is 5.75. The molecular formula is C18H21N7O4. The Morgan fingerprint density at radius 2 is 2.17 bits per heavy atom. The van der Waals surface area contributed by atoms with Gasteiger partial charge >= 0.3 is 6.09 Å². The summed E-state index contributed by atoms with van der Waals surface area (Å²) >= 11 is 0. The molecule has 1 fully saturated rings. The average molecular weight is 399 g/mol. The van der Waals surface area contributed by atoms with Gasteiger partial charge in [0.05, 0.1) is 25.9 Å². The predicted octanol–water partition coefficient (Wildman–Crippen LogP) is 1.73. The van der Waals surface area contributed by atoms with Crippen molar-refractivity contribution in [2.24, 2.45) is 0 Å². The van der Waals surface area contributed by atoms with E-state index in [1.54, 1.807) is 36.2 Å². The number of aromatic nitrogens is 4. The van der Waals surface area contributed by atoms with Crippen LogP contribution in [0.25, 0.3) is 5.65 Å². The number of pyridine rings is 1. The molecule has 3 aromatic heterocycles. The number of amides is 1. The summed E-state index contributed by atoms with van der Waals surface area (Å²) in [6.07, 6.45) is 3.13. The topological polar surface area (TPSA) is 126 Å². The van der Waals surface area contributed by atoms with Gasteiger partial charge in [0.15, 0.2) is 17.2 Å². The van der Waals surface area contributed by atoms with Gasteiger partial charge in [0.1, 0.15) is 5.82 Å². The number of nitrogens with zero attached hydrogens (tertiary/aromatic N) is 5. The van der Waals surface area contributed by atoms with Crippen LogP contribution in [-0.2, 0) is 0 Å². The zero-order valence-electron chi connectivity index (χ0n) is 16.0. The molecule has 11 nitrogen and oxygen atoms in total. The number of carboxylic acid groups (broad SMARTS) is 1. The van der Waals surface area contributed by atoms with Crippen LogP contribution < -0.4 is 25.0 Å². The SMILES string of the molecule is COc1ccc(Nc2cc(N3CCC(NC(=O)O)C3)nn3ccnc23)nc1OC. The summed E-state index contributed by atoms with van der Waals surface area (Å²) in [5.41, 5.74) is 1.36. The molecule has 152 valence electrons. The number of carbonyl (C=O) groups is 1. The highest BCUT2D eigenvalue weighted by Gasteiger charge is 2.25. The standard InChI is InChI=1S/C18H21N7O4/c1-28-13-3-4-14(22-17(13)29-2)21-12-9-15(23-25-8-6-19-16(12)25)24-7-5-11(10-24)20-18(26)27/h3-4,6,8-9,11,20H,5,7,10H2,1-2H3,(H,21,22)(H,26,27). The molecule has 3 aromatic rings. The summed E-state index contributed by atoms with van der Waals surface area (Å²) in [5, 5.41) is 19.3. The molecule has 1 unspecified atom stereocenters. The summed E-state index contributed by atoms with van der Waals surface area (Å²) in [6, 6.07) is 5.30. The van der Waals surface area contributed by atoms with E-state index < -0.39 is 6.09 Å². The predicted molar refractivity (Wildman–Crippen MR) is 105 cm³/mol. The third-order valence-corrected chi connectivity index (χ3v) is 4.69. The molecule has 0 radical (unpaired) electrons. The van der Waals surface area contributed by atoms with Crippen molar-refractivity contribution in [3.8, 4) is 11.6 Å². The van der Waals surface area contributed by atoms with E-state index in [0.717, 1.165) is 12.1 Å². The summed E-state index contributed by atoms with van der Waals surface area (Å²) in [6.45, 7) is 1.25. The zero-order chi connectivity index (χ0) is 20.4. The molecule has 0 bridgehead atoms. The van der Waals surface area contributed by atoms with Gasteiger partial charge in [0, 0.05) is 31.5 Å². The quantitative estimate of drug-likeness (QED) is 0.568. The Bertz CT molecular complexity index is 1040. The normalized spacial score (nSPS) is 16.1. The van der Waals surface area contributed by atoms with Crippen LogP contribution in [0.2, 0.25) is 0 Å². The van der Waals surface area contributed by atoms with E-state index in [0.29, 0.717) is 42.0 Å². The monoisotopic (exact) mass is 399 g/mol. The minimum atomic E-state index is -1.02. The van der Waals surface area contributed by atoms with Crippen molar-refractivity contribution in [2.45, 2.75) is 12.5 Å². The third kappa shape index (κ3) is 3.79. The summed E-state index contributed by atoms with van der Waals surface area (Å²) in [7, 11) is 3.08. The Morgan fingerprint density at radius 1 is 1.31 bits per heavy atom. The fraction of sp³-hybridized carbons (Fsp3) is 0.333. The highest BCUT2D eigenvalue weighted by atomic mass is 16.5. The molecular weight excluding hydrogens is 378 g/mol. The molecule has 1 aliphatic rings. The van der Waals surface area contributed by atoms with Crippen LogP contribution in [0.3, 0.4) is 0 Å². The average Bonchev–Trinajstić information content (AvgIpc) is 3.36. The third-order valence-electron chi connectivity index (χ3n) is 4.69. The second kappa shape index (κ2) is 7.70. The van der Waals surface area contributed by atoms with Gasteiger partial charge in [-0.1, -0.05) is 0 Å². The Kier molecular flexibility index (Phi) is 4.94. The lowest BCUT2D eigenvalue weighted by Gasteiger charge is -2.19. The van der Waals surface area contributed by atoms with E-state index >= 15 is 0 Å². The Labute approximate surface area is 166 Å². The molecule has 0 aliphatic carbocycles. The molecule has 29 heavy (non-hydrogen) atoms. The Balaban J connectivity index is 1.63. The van der Waals surface area contributed by atoms with Crippen LogP contribution >= 0.6 is 0 Å². The van der Waals surface area contributed by atoms with Crippen LogP contribution in [0, 0.1) is 0 Å². The van der Waals surface area contributed by atoms with Gasteiger partial charge in [-0.15, -0.1) is 5.10 Å². The van der Waals surface area contributed by atoms with Gasteiger partial charge in [0.25, 0.3) is 5.88 Å². The number of hydrogen-bond acceptors (Lipinski definition) is 8. The van der Waals surface area contributed by atoms with Crippen molar-refractivity contribution in [3.63, 3.8) is 0 Å². The Morgan fingerprint density at radius 3 is 2.93 bits per heavy atom. The first kappa shape index (κ1) is 18.6. The molecule has 3 N–H and O–H groups in total.